The van der Waals surface area contributed by atoms with Crippen molar-refractivity contribution in [2.24, 2.45) is 0 Å². The second-order valence-corrected chi connectivity index (χ2v) is 7.81. The molecule has 7 nitrogen and oxygen atoms in total. The zero-order valence-electron chi connectivity index (χ0n) is 16.1. The van der Waals surface area contributed by atoms with Gasteiger partial charge in [0.25, 0.3) is 0 Å². The number of hydrogen-bond acceptors (Lipinski definition) is 6. The number of carbonyl (C=O) groups excluding carboxylic acids is 2. The van der Waals surface area contributed by atoms with Gasteiger partial charge in [-0.1, -0.05) is 71.9 Å². The van der Waals surface area contributed by atoms with E-state index in [0.29, 0.717) is 27.0 Å². The number of benzene rings is 3. The van der Waals surface area contributed by atoms with Crippen LogP contribution in [0.2, 0.25) is 5.02 Å². The predicted octanol–water partition coefficient (Wildman–Crippen LogP) is 4.28. The number of nitrogens with one attached hydrogen (secondary N) is 1. The van der Waals surface area contributed by atoms with Gasteiger partial charge >= 0.3 is 0 Å². The van der Waals surface area contributed by atoms with E-state index < -0.39 is 0 Å². The number of ketones is 1. The van der Waals surface area contributed by atoms with Gasteiger partial charge in [-0.2, -0.15) is 4.68 Å². The molecule has 154 valence electrons. The Morgan fingerprint density at radius 2 is 1.68 bits per heavy atom. The van der Waals surface area contributed by atoms with Crippen molar-refractivity contribution < 1.29 is 9.59 Å². The number of carbonyl (C=O) groups is 2. The van der Waals surface area contributed by atoms with Crippen LogP contribution in [0.4, 0.5) is 5.69 Å². The Hall–Kier alpha value is -3.49. The lowest BCUT2D eigenvalue weighted by Crippen LogP contribution is -2.17. The highest BCUT2D eigenvalue weighted by Crippen LogP contribution is 2.25. The molecule has 0 bridgehead atoms. The third kappa shape index (κ3) is 4.99. The van der Waals surface area contributed by atoms with Crippen molar-refractivity contribution in [2.75, 3.05) is 11.1 Å². The van der Waals surface area contributed by atoms with Crippen LogP contribution in [0.1, 0.15) is 15.9 Å². The molecule has 0 aliphatic rings. The molecule has 0 unspecified atom stereocenters. The molecule has 0 radical (unpaired) electrons. The minimum absolute atomic E-state index is 0.0643. The lowest BCUT2D eigenvalue weighted by Gasteiger charge is -2.11. The summed E-state index contributed by atoms with van der Waals surface area (Å²) in [7, 11) is 0. The van der Waals surface area contributed by atoms with Gasteiger partial charge in [0, 0.05) is 16.1 Å². The smallest absolute Gasteiger partial charge is 0.234 e. The number of amides is 1. The van der Waals surface area contributed by atoms with Gasteiger partial charge in [-0.15, -0.1) is 5.10 Å². The van der Waals surface area contributed by atoms with Crippen LogP contribution in [0.3, 0.4) is 0 Å². The molecule has 0 fully saturated rings. The quantitative estimate of drug-likeness (QED) is 0.334. The zero-order chi connectivity index (χ0) is 21.6. The molecule has 0 aliphatic heterocycles. The summed E-state index contributed by atoms with van der Waals surface area (Å²) < 4.78 is 1.56. The summed E-state index contributed by atoms with van der Waals surface area (Å²) >= 11 is 7.29. The number of para-hydroxylation sites is 1. The fourth-order valence-electron chi connectivity index (χ4n) is 2.87. The van der Waals surface area contributed by atoms with E-state index in [-0.39, 0.29) is 17.4 Å². The number of rotatable bonds is 7. The summed E-state index contributed by atoms with van der Waals surface area (Å²) in [4.78, 5) is 25.5. The topological polar surface area (TPSA) is 89.8 Å². The summed E-state index contributed by atoms with van der Waals surface area (Å²) in [6.45, 7) is 0. The lowest BCUT2D eigenvalue weighted by atomic mass is 10.0. The van der Waals surface area contributed by atoms with Gasteiger partial charge in [-0.3, -0.25) is 9.59 Å². The normalized spacial score (nSPS) is 10.6. The molecule has 0 saturated heterocycles. The molecular weight excluding hydrogens is 434 g/mol. The van der Waals surface area contributed by atoms with E-state index in [1.54, 1.807) is 47.1 Å². The molecule has 31 heavy (non-hydrogen) atoms. The molecule has 0 aliphatic carbocycles. The summed E-state index contributed by atoms with van der Waals surface area (Å²) in [5.41, 5.74) is 2.03. The van der Waals surface area contributed by atoms with Crippen LogP contribution in [0, 0.1) is 0 Å². The van der Waals surface area contributed by atoms with Crippen LogP contribution >= 0.6 is 23.4 Å². The van der Waals surface area contributed by atoms with Crippen LogP contribution in [-0.4, -0.2) is 37.7 Å². The minimum Gasteiger partial charge on any atom is -0.325 e. The second kappa shape index (κ2) is 9.55. The summed E-state index contributed by atoms with van der Waals surface area (Å²) in [5.74, 6) is -0.453. The predicted molar refractivity (Wildman–Crippen MR) is 120 cm³/mol. The van der Waals surface area contributed by atoms with Crippen molar-refractivity contribution in [1.82, 2.24) is 20.2 Å². The maximum Gasteiger partial charge on any atom is 0.234 e. The molecule has 3 aromatic carbocycles. The first-order valence-corrected chi connectivity index (χ1v) is 10.6. The van der Waals surface area contributed by atoms with Crippen molar-refractivity contribution in [3.8, 4) is 5.69 Å². The van der Waals surface area contributed by atoms with Crippen LogP contribution in [0.5, 0.6) is 0 Å². The Bertz CT molecular complexity index is 1220. The van der Waals surface area contributed by atoms with Crippen LogP contribution < -0.4 is 5.32 Å². The van der Waals surface area contributed by atoms with Crippen molar-refractivity contribution in [3.05, 3.63) is 95.0 Å². The Morgan fingerprint density at radius 3 is 2.42 bits per heavy atom. The Labute approximate surface area is 187 Å². The maximum atomic E-state index is 12.9. The van der Waals surface area contributed by atoms with Crippen LogP contribution in [0.25, 0.3) is 5.69 Å². The molecule has 4 rings (SSSR count). The van der Waals surface area contributed by atoms with E-state index in [1.165, 1.54) is 11.8 Å². The lowest BCUT2D eigenvalue weighted by molar-refractivity contribution is -0.113. The third-order valence-electron chi connectivity index (χ3n) is 4.31. The fraction of sp³-hybridized carbons (Fsp3) is 0.0455. The minimum atomic E-state index is -0.294. The summed E-state index contributed by atoms with van der Waals surface area (Å²) in [5, 5.41) is 15.3. The first kappa shape index (κ1) is 20.8. The van der Waals surface area contributed by atoms with Crippen molar-refractivity contribution in [1.29, 1.82) is 0 Å². The van der Waals surface area contributed by atoms with Gasteiger partial charge in [-0.05, 0) is 40.8 Å². The average Bonchev–Trinajstić information content (AvgIpc) is 3.28. The first-order valence-electron chi connectivity index (χ1n) is 9.27. The average molecular weight is 450 g/mol. The molecule has 9 heteroatoms. The molecule has 1 aromatic heterocycles. The monoisotopic (exact) mass is 449 g/mol. The molecule has 4 aromatic rings. The fourth-order valence-corrected chi connectivity index (χ4v) is 3.74. The van der Waals surface area contributed by atoms with Gasteiger partial charge in [0.2, 0.25) is 11.1 Å². The number of aromatic nitrogens is 4. The number of hydrogen-bond donors (Lipinski definition) is 1. The number of tetrazole rings is 1. The summed E-state index contributed by atoms with van der Waals surface area (Å²) in [6.07, 6.45) is 0. The Kier molecular flexibility index (Phi) is 6.40. The van der Waals surface area contributed by atoms with Gasteiger partial charge in [-0.25, -0.2) is 0 Å². The van der Waals surface area contributed by atoms with Gasteiger partial charge < -0.3 is 5.32 Å². The number of thioether (sulfide) groups is 1. The number of halogens is 1. The van der Waals surface area contributed by atoms with E-state index in [4.69, 9.17) is 11.6 Å². The highest BCUT2D eigenvalue weighted by molar-refractivity contribution is 7.99. The molecular formula is C22H16ClN5O2S. The van der Waals surface area contributed by atoms with Gasteiger partial charge in [0.05, 0.1) is 17.1 Å². The third-order valence-corrected chi connectivity index (χ3v) is 5.46. The number of nitrogens with zero attached hydrogens (tertiary/aromatic N) is 4. The first-order chi connectivity index (χ1) is 15.1. The highest BCUT2D eigenvalue weighted by atomic mass is 35.5. The van der Waals surface area contributed by atoms with Crippen molar-refractivity contribution >= 4 is 40.7 Å². The highest BCUT2D eigenvalue weighted by Gasteiger charge is 2.17. The van der Waals surface area contributed by atoms with Crippen molar-refractivity contribution in [2.45, 2.75) is 5.16 Å². The van der Waals surface area contributed by atoms with Crippen LogP contribution in [-0.2, 0) is 4.79 Å². The summed E-state index contributed by atoms with van der Waals surface area (Å²) in [6, 6.07) is 23.0. The van der Waals surface area contributed by atoms with E-state index >= 15 is 0 Å². The molecule has 1 amide bonds. The molecule has 0 atom stereocenters. The molecule has 0 saturated carbocycles. The van der Waals surface area contributed by atoms with Gasteiger partial charge in [0.1, 0.15) is 0 Å². The second-order valence-electron chi connectivity index (χ2n) is 6.43. The van der Waals surface area contributed by atoms with Crippen LogP contribution in [0.15, 0.2) is 84.0 Å². The standard InChI is InChI=1S/C22H16ClN5O2S/c23-16-11-12-19(18(13-16)21(30)15-7-3-1-4-8-15)24-20(29)14-31-22-25-26-27-28(22)17-9-5-2-6-10-17/h1-13H,14H2,(H,24,29). The van der Waals surface area contributed by atoms with E-state index in [1.807, 2.05) is 36.4 Å². The maximum absolute atomic E-state index is 12.9. The largest absolute Gasteiger partial charge is 0.325 e. The Balaban J connectivity index is 1.48. The van der Waals surface area contributed by atoms with Crippen molar-refractivity contribution in [3.63, 3.8) is 0 Å². The SMILES string of the molecule is O=C(CSc1nnnn1-c1ccccc1)Nc1ccc(Cl)cc1C(=O)c1ccccc1. The Morgan fingerprint density at radius 1 is 0.968 bits per heavy atom. The van der Waals surface area contributed by atoms with Gasteiger partial charge in [0.15, 0.2) is 5.78 Å². The zero-order valence-corrected chi connectivity index (χ0v) is 17.7. The molecule has 0 spiro atoms. The van der Waals surface area contributed by atoms with E-state index in [2.05, 4.69) is 20.8 Å². The van der Waals surface area contributed by atoms with E-state index in [9.17, 15) is 9.59 Å². The van der Waals surface area contributed by atoms with E-state index in [0.717, 1.165) is 5.69 Å². The molecule has 1 N–H and O–H groups in total. The number of anilines is 1. The molecule has 1 heterocycles.